The molecule has 0 spiro atoms. The molecule has 0 atom stereocenters. The Bertz CT molecular complexity index is 582. The Morgan fingerprint density at radius 3 is 2.83 bits per heavy atom. The van der Waals surface area contributed by atoms with Crippen molar-refractivity contribution in [3.05, 3.63) is 28.8 Å². The van der Waals surface area contributed by atoms with Gasteiger partial charge in [0.05, 0.1) is 12.8 Å². The summed E-state index contributed by atoms with van der Waals surface area (Å²) >= 11 is 1.31. The van der Waals surface area contributed by atoms with Crippen LogP contribution in [0.5, 0.6) is 5.75 Å². The lowest BCUT2D eigenvalue weighted by atomic mass is 10.2. The van der Waals surface area contributed by atoms with Gasteiger partial charge in [-0.15, -0.1) is 10.2 Å². The number of hydrogen-bond acceptors (Lipinski definition) is 6. The smallest absolute Gasteiger partial charge is 0.257 e. The van der Waals surface area contributed by atoms with Gasteiger partial charge in [0, 0.05) is 5.56 Å². The van der Waals surface area contributed by atoms with Crippen LogP contribution in [0, 0.1) is 6.92 Å². The van der Waals surface area contributed by atoms with Gasteiger partial charge in [-0.3, -0.25) is 10.1 Å². The van der Waals surface area contributed by atoms with E-state index in [-0.39, 0.29) is 5.91 Å². The van der Waals surface area contributed by atoms with Gasteiger partial charge in [-0.2, -0.15) is 0 Å². The number of nitrogens with two attached hydrogens (primary N) is 1. The molecule has 3 N–H and O–H groups in total. The molecule has 1 aromatic heterocycles. The van der Waals surface area contributed by atoms with Crippen molar-refractivity contribution in [2.24, 2.45) is 0 Å². The summed E-state index contributed by atoms with van der Waals surface area (Å²) in [5.41, 5.74) is 6.62. The second-order valence-electron chi connectivity index (χ2n) is 3.54. The number of rotatable bonds is 3. The molecule has 2 aromatic rings. The van der Waals surface area contributed by atoms with Crippen molar-refractivity contribution >= 4 is 28.1 Å². The van der Waals surface area contributed by atoms with Gasteiger partial charge in [0.1, 0.15) is 10.8 Å². The number of ether oxygens (including phenoxy) is 1. The number of anilines is 2. The number of aromatic nitrogens is 2. The lowest BCUT2D eigenvalue weighted by molar-refractivity contribution is 0.102. The van der Waals surface area contributed by atoms with E-state index in [2.05, 4.69) is 15.5 Å². The van der Waals surface area contributed by atoms with E-state index in [4.69, 9.17) is 10.5 Å². The number of amides is 1. The molecule has 0 aliphatic carbocycles. The third-order valence-corrected chi connectivity index (χ3v) is 3.00. The van der Waals surface area contributed by atoms with Crippen LogP contribution in [0.2, 0.25) is 0 Å². The van der Waals surface area contributed by atoms with Gasteiger partial charge in [0.15, 0.2) is 0 Å². The molecule has 0 unspecified atom stereocenters. The minimum Gasteiger partial charge on any atom is -0.495 e. The number of carbonyl (C=O) groups excluding carboxylic acids is 1. The van der Waals surface area contributed by atoms with Gasteiger partial charge >= 0.3 is 0 Å². The maximum atomic E-state index is 11.9. The number of nitrogens with one attached hydrogen (secondary N) is 1. The van der Waals surface area contributed by atoms with Crippen molar-refractivity contribution in [3.8, 4) is 5.75 Å². The molecule has 0 aliphatic rings. The highest BCUT2D eigenvalue weighted by atomic mass is 32.1. The molecule has 94 valence electrons. The fraction of sp³-hybridized carbons (Fsp3) is 0.182. The molecule has 0 fully saturated rings. The molecular formula is C11H12N4O2S. The fourth-order valence-corrected chi connectivity index (χ4v) is 1.96. The number of hydrogen-bond donors (Lipinski definition) is 2. The molecule has 2 rings (SSSR count). The topological polar surface area (TPSA) is 90.1 Å². The zero-order valence-electron chi connectivity index (χ0n) is 9.93. The predicted octanol–water partition coefficient (Wildman–Crippen LogP) is 1.69. The molecule has 0 saturated carbocycles. The Kier molecular flexibility index (Phi) is 3.42. The maximum absolute atomic E-state index is 11.9. The summed E-state index contributed by atoms with van der Waals surface area (Å²) in [6.07, 6.45) is 0. The highest BCUT2D eigenvalue weighted by molar-refractivity contribution is 7.15. The zero-order valence-corrected chi connectivity index (χ0v) is 10.7. The predicted molar refractivity (Wildman–Crippen MR) is 70.0 cm³/mol. The van der Waals surface area contributed by atoms with E-state index < -0.39 is 0 Å². The molecular weight excluding hydrogens is 252 g/mol. The summed E-state index contributed by atoms with van der Waals surface area (Å²) in [4.78, 5) is 11.9. The number of nitrogen functional groups attached to an aromatic ring is 1. The third-order valence-electron chi connectivity index (χ3n) is 2.24. The van der Waals surface area contributed by atoms with Gasteiger partial charge in [-0.05, 0) is 25.1 Å². The van der Waals surface area contributed by atoms with Crippen molar-refractivity contribution in [2.75, 3.05) is 18.2 Å². The van der Waals surface area contributed by atoms with E-state index in [1.165, 1.54) is 18.4 Å². The van der Waals surface area contributed by atoms with Crippen molar-refractivity contribution in [1.29, 1.82) is 0 Å². The van der Waals surface area contributed by atoms with E-state index >= 15 is 0 Å². The number of benzene rings is 1. The van der Waals surface area contributed by atoms with Crippen molar-refractivity contribution in [2.45, 2.75) is 6.92 Å². The van der Waals surface area contributed by atoms with E-state index in [0.717, 1.165) is 5.01 Å². The van der Waals surface area contributed by atoms with Crippen LogP contribution in [-0.2, 0) is 0 Å². The van der Waals surface area contributed by atoms with E-state index in [0.29, 0.717) is 22.1 Å². The molecule has 6 nitrogen and oxygen atoms in total. The molecule has 1 aromatic carbocycles. The first-order chi connectivity index (χ1) is 8.60. The number of aryl methyl sites for hydroxylation is 1. The first-order valence-corrected chi connectivity index (χ1v) is 5.97. The van der Waals surface area contributed by atoms with Crippen LogP contribution in [0.25, 0.3) is 0 Å². The molecule has 18 heavy (non-hydrogen) atoms. The lowest BCUT2D eigenvalue weighted by Crippen LogP contribution is -2.12. The number of nitrogens with zero attached hydrogens (tertiary/aromatic N) is 2. The summed E-state index contributed by atoms with van der Waals surface area (Å²) in [5.74, 6) is 0.195. The maximum Gasteiger partial charge on any atom is 0.257 e. The van der Waals surface area contributed by atoms with Crippen LogP contribution in [-0.4, -0.2) is 23.2 Å². The number of methoxy groups -OCH3 is 1. The van der Waals surface area contributed by atoms with Crippen LogP contribution in [0.4, 0.5) is 10.8 Å². The van der Waals surface area contributed by atoms with Crippen molar-refractivity contribution in [1.82, 2.24) is 10.2 Å². The molecule has 0 saturated heterocycles. The quantitative estimate of drug-likeness (QED) is 0.823. The molecule has 1 amide bonds. The van der Waals surface area contributed by atoms with E-state index in [1.807, 2.05) is 6.92 Å². The molecule has 7 heteroatoms. The van der Waals surface area contributed by atoms with E-state index in [1.54, 1.807) is 18.2 Å². The van der Waals surface area contributed by atoms with Crippen LogP contribution < -0.4 is 15.8 Å². The summed E-state index contributed by atoms with van der Waals surface area (Å²) < 4.78 is 5.06. The standard InChI is InChI=1S/C11H12N4O2S/c1-6-14-15-11(18-6)13-10(16)7-3-4-8(12)9(5-7)17-2/h3-5H,12H2,1-2H3,(H,13,15,16). The second-order valence-corrected chi connectivity index (χ2v) is 4.72. The molecule has 0 aliphatic heterocycles. The van der Waals surface area contributed by atoms with Crippen LogP contribution in [0.3, 0.4) is 0 Å². The molecule has 1 heterocycles. The first kappa shape index (κ1) is 12.3. The molecule has 0 radical (unpaired) electrons. The zero-order chi connectivity index (χ0) is 13.1. The Labute approximate surface area is 108 Å². The Morgan fingerprint density at radius 1 is 1.44 bits per heavy atom. The van der Waals surface area contributed by atoms with Gasteiger partial charge in [0.25, 0.3) is 5.91 Å². The average Bonchev–Trinajstić information content (AvgIpc) is 2.75. The Balaban J connectivity index is 2.18. The van der Waals surface area contributed by atoms with Gasteiger partial charge in [0.2, 0.25) is 5.13 Å². The van der Waals surface area contributed by atoms with Gasteiger partial charge < -0.3 is 10.5 Å². The Hall–Kier alpha value is -2.15. The Morgan fingerprint density at radius 2 is 2.22 bits per heavy atom. The second kappa shape index (κ2) is 5.01. The summed E-state index contributed by atoms with van der Waals surface area (Å²) in [7, 11) is 1.50. The van der Waals surface area contributed by atoms with Crippen molar-refractivity contribution < 1.29 is 9.53 Å². The van der Waals surface area contributed by atoms with Crippen LogP contribution >= 0.6 is 11.3 Å². The highest BCUT2D eigenvalue weighted by Crippen LogP contribution is 2.23. The first-order valence-electron chi connectivity index (χ1n) is 5.15. The van der Waals surface area contributed by atoms with Crippen LogP contribution in [0.1, 0.15) is 15.4 Å². The summed E-state index contributed by atoms with van der Waals surface area (Å²) in [6, 6.07) is 4.83. The minimum absolute atomic E-state index is 0.274. The van der Waals surface area contributed by atoms with Gasteiger partial charge in [-0.25, -0.2) is 0 Å². The lowest BCUT2D eigenvalue weighted by Gasteiger charge is -2.06. The fourth-order valence-electron chi connectivity index (χ4n) is 1.37. The van der Waals surface area contributed by atoms with Crippen LogP contribution in [0.15, 0.2) is 18.2 Å². The number of carbonyl (C=O) groups is 1. The molecule has 0 bridgehead atoms. The monoisotopic (exact) mass is 264 g/mol. The highest BCUT2D eigenvalue weighted by Gasteiger charge is 2.11. The van der Waals surface area contributed by atoms with Gasteiger partial charge in [-0.1, -0.05) is 11.3 Å². The van der Waals surface area contributed by atoms with E-state index in [9.17, 15) is 4.79 Å². The van der Waals surface area contributed by atoms with Crippen molar-refractivity contribution in [3.63, 3.8) is 0 Å². The summed E-state index contributed by atoms with van der Waals surface area (Å²) in [5, 5.41) is 11.6. The average molecular weight is 264 g/mol. The normalized spacial score (nSPS) is 10.1. The minimum atomic E-state index is -0.274. The SMILES string of the molecule is COc1cc(C(=O)Nc2nnc(C)s2)ccc1N. The third kappa shape index (κ3) is 2.57. The largest absolute Gasteiger partial charge is 0.495 e. The summed E-state index contributed by atoms with van der Waals surface area (Å²) in [6.45, 7) is 1.82.